The zero-order valence-corrected chi connectivity index (χ0v) is 15.3. The van der Waals surface area contributed by atoms with Crippen molar-refractivity contribution in [2.75, 3.05) is 16.3 Å². The number of halogens is 1. The molecule has 2 N–H and O–H groups in total. The smallest absolute Gasteiger partial charge is 0.229 e. The summed E-state index contributed by atoms with van der Waals surface area (Å²) in [5.41, 5.74) is 1.15. The first-order chi connectivity index (χ1) is 11.7. The molecule has 12 heteroatoms. The standard InChI is InChI=1S/C13H11ClN6O3S2/c1-6(21)17-13-18-9-5-16-11(19-12(9)24-13)7-3-8(10(14)15-4-7)20-25(2,22)23/h3-5,20H,1-2H3,(H,17,18,21). The lowest BCUT2D eigenvalue weighted by molar-refractivity contribution is -0.114. The zero-order chi connectivity index (χ0) is 18.2. The number of hydrogen-bond donors (Lipinski definition) is 2. The SMILES string of the molecule is CC(=O)Nc1nc2cnc(-c3cnc(Cl)c(NS(C)(=O)=O)c3)nc2s1. The molecule has 130 valence electrons. The lowest BCUT2D eigenvalue weighted by atomic mass is 10.2. The Hall–Kier alpha value is -2.37. The average Bonchev–Trinajstić information content (AvgIpc) is 2.88. The number of carbonyl (C=O) groups excluding carboxylic acids is 1. The van der Waals surface area contributed by atoms with Gasteiger partial charge in [0.05, 0.1) is 18.1 Å². The molecule has 3 rings (SSSR count). The average molecular weight is 399 g/mol. The van der Waals surface area contributed by atoms with Crippen molar-refractivity contribution >= 4 is 60.0 Å². The molecule has 3 aromatic rings. The molecule has 0 saturated carbocycles. The van der Waals surface area contributed by atoms with Crippen molar-refractivity contribution in [1.82, 2.24) is 19.9 Å². The van der Waals surface area contributed by atoms with Crippen LogP contribution in [0.5, 0.6) is 0 Å². The maximum absolute atomic E-state index is 11.4. The minimum atomic E-state index is -3.50. The molecule has 0 aromatic carbocycles. The first-order valence-electron chi connectivity index (χ1n) is 6.76. The molecule has 0 radical (unpaired) electrons. The van der Waals surface area contributed by atoms with E-state index in [-0.39, 0.29) is 16.7 Å². The van der Waals surface area contributed by atoms with Crippen molar-refractivity contribution in [2.24, 2.45) is 0 Å². The number of amides is 1. The largest absolute Gasteiger partial charge is 0.302 e. The highest BCUT2D eigenvalue weighted by molar-refractivity contribution is 7.92. The highest BCUT2D eigenvalue weighted by atomic mass is 35.5. The van der Waals surface area contributed by atoms with E-state index >= 15 is 0 Å². The summed E-state index contributed by atoms with van der Waals surface area (Å²) < 4.78 is 25.1. The van der Waals surface area contributed by atoms with Crippen LogP contribution in [0, 0.1) is 0 Å². The number of hydrogen-bond acceptors (Lipinski definition) is 8. The predicted octanol–water partition coefficient (Wildman–Crippen LogP) is 2.13. The predicted molar refractivity (Wildman–Crippen MR) is 96.2 cm³/mol. The van der Waals surface area contributed by atoms with Gasteiger partial charge in [-0.25, -0.2) is 28.4 Å². The Bertz CT molecular complexity index is 1080. The number of pyridine rings is 1. The molecule has 1 amide bonds. The summed E-state index contributed by atoms with van der Waals surface area (Å²) in [6, 6.07) is 1.49. The van der Waals surface area contributed by atoms with Gasteiger partial charge in [0.2, 0.25) is 15.9 Å². The molecule has 3 aromatic heterocycles. The van der Waals surface area contributed by atoms with E-state index in [9.17, 15) is 13.2 Å². The van der Waals surface area contributed by atoms with E-state index < -0.39 is 10.0 Å². The summed E-state index contributed by atoms with van der Waals surface area (Å²) in [4.78, 5) is 28.4. The van der Waals surface area contributed by atoms with Gasteiger partial charge in [0, 0.05) is 18.7 Å². The normalized spacial score (nSPS) is 11.5. The molecule has 0 unspecified atom stereocenters. The second kappa shape index (κ2) is 6.50. The number of anilines is 2. The van der Waals surface area contributed by atoms with Gasteiger partial charge in [-0.1, -0.05) is 22.9 Å². The van der Waals surface area contributed by atoms with Gasteiger partial charge in [-0.3, -0.25) is 9.52 Å². The van der Waals surface area contributed by atoms with Crippen molar-refractivity contribution in [2.45, 2.75) is 6.92 Å². The van der Waals surface area contributed by atoms with Gasteiger partial charge in [-0.2, -0.15) is 0 Å². The number of carbonyl (C=O) groups is 1. The topological polar surface area (TPSA) is 127 Å². The Kier molecular flexibility index (Phi) is 4.54. The van der Waals surface area contributed by atoms with E-state index in [1.54, 1.807) is 0 Å². The van der Waals surface area contributed by atoms with Crippen LogP contribution < -0.4 is 10.0 Å². The molecule has 25 heavy (non-hydrogen) atoms. The number of nitrogens with zero attached hydrogens (tertiary/aromatic N) is 4. The maximum Gasteiger partial charge on any atom is 0.229 e. The van der Waals surface area contributed by atoms with Crippen molar-refractivity contribution in [1.29, 1.82) is 0 Å². The summed E-state index contributed by atoms with van der Waals surface area (Å²) in [5, 5.41) is 3.02. The van der Waals surface area contributed by atoms with Crippen LogP contribution in [0.1, 0.15) is 6.92 Å². The molecule has 0 bridgehead atoms. The van der Waals surface area contributed by atoms with Crippen molar-refractivity contribution in [3.8, 4) is 11.4 Å². The van der Waals surface area contributed by atoms with E-state index in [2.05, 4.69) is 30.0 Å². The lowest BCUT2D eigenvalue weighted by Gasteiger charge is -2.07. The summed E-state index contributed by atoms with van der Waals surface area (Å²) in [5.74, 6) is 0.0943. The molecule has 9 nitrogen and oxygen atoms in total. The van der Waals surface area contributed by atoms with Gasteiger partial charge in [0.25, 0.3) is 0 Å². The van der Waals surface area contributed by atoms with Gasteiger partial charge in [0.1, 0.15) is 10.3 Å². The number of sulfonamides is 1. The third-order valence-electron chi connectivity index (χ3n) is 2.83. The quantitative estimate of drug-likeness (QED) is 0.644. The van der Waals surface area contributed by atoms with Gasteiger partial charge < -0.3 is 5.32 Å². The van der Waals surface area contributed by atoms with Crippen LogP contribution in [0.2, 0.25) is 5.15 Å². The highest BCUT2D eigenvalue weighted by Crippen LogP contribution is 2.28. The monoisotopic (exact) mass is 398 g/mol. The molecular weight excluding hydrogens is 388 g/mol. The summed E-state index contributed by atoms with van der Waals surface area (Å²) >= 11 is 7.11. The van der Waals surface area contributed by atoms with Crippen LogP contribution in [-0.4, -0.2) is 40.5 Å². The molecular formula is C13H11ClN6O3S2. The minimum Gasteiger partial charge on any atom is -0.302 e. The first kappa shape index (κ1) is 17.5. The van der Waals surface area contributed by atoms with Gasteiger partial charge in [-0.15, -0.1) is 0 Å². The maximum atomic E-state index is 11.4. The highest BCUT2D eigenvalue weighted by Gasteiger charge is 2.13. The lowest BCUT2D eigenvalue weighted by Crippen LogP contribution is -2.10. The Labute approximate surface area is 151 Å². The summed E-state index contributed by atoms with van der Waals surface area (Å²) in [6.07, 6.45) is 3.96. The van der Waals surface area contributed by atoms with E-state index in [1.165, 1.54) is 36.7 Å². The van der Waals surface area contributed by atoms with E-state index in [1.807, 2.05) is 0 Å². The Morgan fingerprint density at radius 3 is 2.68 bits per heavy atom. The van der Waals surface area contributed by atoms with E-state index in [0.29, 0.717) is 26.9 Å². The molecule has 0 spiro atoms. The number of fused-ring (bicyclic) bond motifs is 1. The van der Waals surface area contributed by atoms with Gasteiger partial charge in [-0.05, 0) is 6.07 Å². The molecule has 0 aliphatic carbocycles. The molecule has 0 atom stereocenters. The first-order valence-corrected chi connectivity index (χ1v) is 9.85. The molecule has 3 heterocycles. The van der Waals surface area contributed by atoms with Crippen molar-refractivity contribution in [3.63, 3.8) is 0 Å². The third-order valence-corrected chi connectivity index (χ3v) is 4.60. The van der Waals surface area contributed by atoms with Gasteiger partial charge >= 0.3 is 0 Å². The Morgan fingerprint density at radius 2 is 2.00 bits per heavy atom. The minimum absolute atomic E-state index is 0.0148. The van der Waals surface area contributed by atoms with Crippen molar-refractivity contribution < 1.29 is 13.2 Å². The fourth-order valence-electron chi connectivity index (χ4n) is 1.92. The second-order valence-corrected chi connectivity index (χ2v) is 8.10. The molecule has 0 aliphatic rings. The van der Waals surface area contributed by atoms with Crippen LogP contribution in [0.15, 0.2) is 18.5 Å². The van der Waals surface area contributed by atoms with Crippen LogP contribution in [0.4, 0.5) is 10.8 Å². The van der Waals surface area contributed by atoms with Crippen LogP contribution in [-0.2, 0) is 14.8 Å². The number of thiazole rings is 1. The fraction of sp³-hybridized carbons (Fsp3) is 0.154. The van der Waals surface area contributed by atoms with E-state index in [0.717, 1.165) is 6.26 Å². The second-order valence-electron chi connectivity index (χ2n) is 5.02. The van der Waals surface area contributed by atoms with Crippen molar-refractivity contribution in [3.05, 3.63) is 23.6 Å². The third kappa shape index (κ3) is 4.18. The summed E-state index contributed by atoms with van der Waals surface area (Å²) in [7, 11) is -3.50. The number of nitrogens with one attached hydrogen (secondary N) is 2. The van der Waals surface area contributed by atoms with E-state index in [4.69, 9.17) is 11.6 Å². The Morgan fingerprint density at radius 1 is 1.24 bits per heavy atom. The number of rotatable bonds is 4. The van der Waals surface area contributed by atoms with Crippen LogP contribution in [0.3, 0.4) is 0 Å². The Balaban J connectivity index is 2.01. The number of aromatic nitrogens is 4. The summed E-state index contributed by atoms with van der Waals surface area (Å²) in [6.45, 7) is 1.39. The molecule has 0 fully saturated rings. The van der Waals surface area contributed by atoms with Crippen LogP contribution >= 0.6 is 22.9 Å². The molecule has 0 aliphatic heterocycles. The fourth-order valence-corrected chi connectivity index (χ4v) is 3.54. The van der Waals surface area contributed by atoms with Crippen LogP contribution in [0.25, 0.3) is 21.7 Å². The van der Waals surface area contributed by atoms with Gasteiger partial charge in [0.15, 0.2) is 16.1 Å². The zero-order valence-electron chi connectivity index (χ0n) is 12.9. The molecule has 0 saturated heterocycles.